The molecule has 3 heteroatoms. The highest BCUT2D eigenvalue weighted by Crippen LogP contribution is 2.21. The molecule has 1 aliphatic heterocycles. The lowest BCUT2D eigenvalue weighted by atomic mass is 10.1. The number of likely N-dealkylation sites (tertiary alicyclic amines) is 1. The predicted molar refractivity (Wildman–Crippen MR) is 79.7 cm³/mol. The lowest BCUT2D eigenvalue weighted by molar-refractivity contribution is 0.266. The van der Waals surface area contributed by atoms with Crippen LogP contribution in [0.25, 0.3) is 0 Å². The summed E-state index contributed by atoms with van der Waals surface area (Å²) in [7, 11) is 1.72. The van der Waals surface area contributed by atoms with Crippen molar-refractivity contribution in [1.29, 1.82) is 0 Å². The number of ether oxygens (including phenoxy) is 1. The van der Waals surface area contributed by atoms with Crippen molar-refractivity contribution in [2.75, 3.05) is 20.2 Å². The van der Waals surface area contributed by atoms with Crippen LogP contribution in [-0.4, -0.2) is 37.2 Å². The maximum absolute atomic E-state index is 5.29. The Balaban J connectivity index is 1.92. The zero-order chi connectivity index (χ0) is 13.8. The molecule has 1 fully saturated rings. The third-order valence-electron chi connectivity index (χ3n) is 4.03. The second-order valence-corrected chi connectivity index (χ2v) is 5.74. The van der Waals surface area contributed by atoms with Gasteiger partial charge in [-0.25, -0.2) is 0 Å². The lowest BCUT2D eigenvalue weighted by Gasteiger charge is -2.23. The van der Waals surface area contributed by atoms with E-state index in [0.717, 1.165) is 12.3 Å². The second-order valence-electron chi connectivity index (χ2n) is 5.74. The number of methoxy groups -OCH3 is 1. The quantitative estimate of drug-likeness (QED) is 0.883. The number of rotatable bonds is 5. The molecule has 1 heterocycles. The molecule has 1 aromatic rings. The highest BCUT2D eigenvalue weighted by molar-refractivity contribution is 5.30. The van der Waals surface area contributed by atoms with Gasteiger partial charge in [0.1, 0.15) is 5.75 Å². The van der Waals surface area contributed by atoms with Gasteiger partial charge < -0.3 is 10.1 Å². The molecule has 2 atom stereocenters. The van der Waals surface area contributed by atoms with Crippen molar-refractivity contribution in [3.05, 3.63) is 29.8 Å². The smallest absolute Gasteiger partial charge is 0.119 e. The Labute approximate surface area is 116 Å². The van der Waals surface area contributed by atoms with Crippen molar-refractivity contribution in [1.82, 2.24) is 10.2 Å². The molecule has 106 valence electrons. The summed E-state index contributed by atoms with van der Waals surface area (Å²) >= 11 is 0. The summed E-state index contributed by atoms with van der Waals surface area (Å²) in [6, 6.07) is 9.95. The first-order valence-corrected chi connectivity index (χ1v) is 7.24. The van der Waals surface area contributed by atoms with Gasteiger partial charge in [0.25, 0.3) is 0 Å². The van der Waals surface area contributed by atoms with Crippen LogP contribution in [0.2, 0.25) is 0 Å². The SMILES string of the molecule is COc1cccc([C@H](C)NC2CCN(C(C)C)C2)c1. The Bertz CT molecular complexity index is 405. The summed E-state index contributed by atoms with van der Waals surface area (Å²) in [5.41, 5.74) is 1.29. The van der Waals surface area contributed by atoms with Gasteiger partial charge in [-0.15, -0.1) is 0 Å². The summed E-state index contributed by atoms with van der Waals surface area (Å²) in [6.07, 6.45) is 1.24. The Hall–Kier alpha value is -1.06. The van der Waals surface area contributed by atoms with Gasteiger partial charge in [-0.1, -0.05) is 12.1 Å². The van der Waals surface area contributed by atoms with Crippen LogP contribution in [0.3, 0.4) is 0 Å². The maximum Gasteiger partial charge on any atom is 0.119 e. The Morgan fingerprint density at radius 1 is 1.32 bits per heavy atom. The van der Waals surface area contributed by atoms with E-state index in [9.17, 15) is 0 Å². The van der Waals surface area contributed by atoms with E-state index >= 15 is 0 Å². The van der Waals surface area contributed by atoms with Crippen LogP contribution >= 0.6 is 0 Å². The number of hydrogen-bond donors (Lipinski definition) is 1. The fourth-order valence-corrected chi connectivity index (χ4v) is 2.75. The monoisotopic (exact) mass is 262 g/mol. The molecule has 1 N–H and O–H groups in total. The van der Waals surface area contributed by atoms with Gasteiger partial charge in [0.15, 0.2) is 0 Å². The van der Waals surface area contributed by atoms with Crippen LogP contribution in [0.4, 0.5) is 0 Å². The van der Waals surface area contributed by atoms with Crippen LogP contribution in [-0.2, 0) is 0 Å². The summed E-state index contributed by atoms with van der Waals surface area (Å²) in [5.74, 6) is 0.932. The zero-order valence-electron chi connectivity index (χ0n) is 12.5. The Kier molecular flexibility index (Phi) is 4.83. The first kappa shape index (κ1) is 14.4. The standard InChI is InChI=1S/C16H26N2O/c1-12(2)18-9-8-15(11-18)17-13(3)14-6-5-7-16(10-14)19-4/h5-7,10,12-13,15,17H,8-9,11H2,1-4H3/t13-,15?/m0/s1. The molecule has 0 spiro atoms. The van der Waals surface area contributed by atoms with E-state index in [2.05, 4.69) is 49.2 Å². The van der Waals surface area contributed by atoms with E-state index in [-0.39, 0.29) is 0 Å². The molecule has 1 unspecified atom stereocenters. The van der Waals surface area contributed by atoms with Gasteiger partial charge in [0.05, 0.1) is 7.11 Å². The molecule has 0 amide bonds. The summed E-state index contributed by atoms with van der Waals surface area (Å²) in [6.45, 7) is 9.14. The highest BCUT2D eigenvalue weighted by Gasteiger charge is 2.25. The van der Waals surface area contributed by atoms with Gasteiger partial charge in [0.2, 0.25) is 0 Å². The van der Waals surface area contributed by atoms with Crippen molar-refractivity contribution >= 4 is 0 Å². The van der Waals surface area contributed by atoms with E-state index in [1.54, 1.807) is 7.11 Å². The molecule has 1 aliphatic rings. The van der Waals surface area contributed by atoms with Crippen molar-refractivity contribution < 1.29 is 4.74 Å². The van der Waals surface area contributed by atoms with Gasteiger partial charge >= 0.3 is 0 Å². The van der Waals surface area contributed by atoms with Crippen LogP contribution in [0.15, 0.2) is 24.3 Å². The van der Waals surface area contributed by atoms with E-state index in [4.69, 9.17) is 4.74 Å². The molecule has 0 radical (unpaired) electrons. The summed E-state index contributed by atoms with van der Waals surface area (Å²) < 4.78 is 5.29. The van der Waals surface area contributed by atoms with Crippen molar-refractivity contribution in [2.45, 2.75) is 45.3 Å². The fourth-order valence-electron chi connectivity index (χ4n) is 2.75. The van der Waals surface area contributed by atoms with Gasteiger partial charge in [0, 0.05) is 24.7 Å². The minimum absolute atomic E-state index is 0.368. The summed E-state index contributed by atoms with van der Waals surface area (Å²) in [5, 5.41) is 3.73. The van der Waals surface area contributed by atoms with Gasteiger partial charge in [-0.05, 0) is 51.4 Å². The number of benzene rings is 1. The van der Waals surface area contributed by atoms with Crippen LogP contribution < -0.4 is 10.1 Å². The van der Waals surface area contributed by atoms with E-state index in [1.165, 1.54) is 18.5 Å². The predicted octanol–water partition coefficient (Wildman–Crippen LogP) is 2.83. The number of nitrogens with zero attached hydrogens (tertiary/aromatic N) is 1. The minimum atomic E-state index is 0.368. The molecular weight excluding hydrogens is 236 g/mol. The molecule has 2 rings (SSSR count). The van der Waals surface area contributed by atoms with E-state index in [1.807, 2.05) is 6.07 Å². The Morgan fingerprint density at radius 2 is 2.11 bits per heavy atom. The molecular formula is C16H26N2O. The molecule has 0 aromatic heterocycles. The first-order valence-electron chi connectivity index (χ1n) is 7.24. The van der Waals surface area contributed by atoms with Gasteiger partial charge in [-0.2, -0.15) is 0 Å². The number of nitrogens with one attached hydrogen (secondary N) is 1. The highest BCUT2D eigenvalue weighted by atomic mass is 16.5. The second kappa shape index (κ2) is 6.40. The average molecular weight is 262 g/mol. The third-order valence-corrected chi connectivity index (χ3v) is 4.03. The molecule has 1 aromatic carbocycles. The van der Waals surface area contributed by atoms with Crippen LogP contribution in [0.1, 0.15) is 38.8 Å². The first-order chi connectivity index (χ1) is 9.10. The third kappa shape index (κ3) is 3.71. The van der Waals surface area contributed by atoms with Crippen LogP contribution in [0.5, 0.6) is 5.75 Å². The average Bonchev–Trinajstić information content (AvgIpc) is 2.87. The van der Waals surface area contributed by atoms with Crippen molar-refractivity contribution in [3.63, 3.8) is 0 Å². The van der Waals surface area contributed by atoms with E-state index in [0.29, 0.717) is 18.1 Å². The minimum Gasteiger partial charge on any atom is -0.497 e. The Morgan fingerprint density at radius 3 is 2.74 bits per heavy atom. The molecule has 1 saturated heterocycles. The zero-order valence-corrected chi connectivity index (χ0v) is 12.5. The lowest BCUT2D eigenvalue weighted by Crippen LogP contribution is -2.36. The van der Waals surface area contributed by atoms with Crippen molar-refractivity contribution in [2.24, 2.45) is 0 Å². The number of hydrogen-bond acceptors (Lipinski definition) is 3. The normalized spacial score (nSPS) is 21.8. The van der Waals surface area contributed by atoms with E-state index < -0.39 is 0 Å². The van der Waals surface area contributed by atoms with Crippen molar-refractivity contribution in [3.8, 4) is 5.75 Å². The molecule has 19 heavy (non-hydrogen) atoms. The molecule has 0 aliphatic carbocycles. The largest absolute Gasteiger partial charge is 0.497 e. The van der Waals surface area contributed by atoms with Gasteiger partial charge in [-0.3, -0.25) is 4.90 Å². The van der Waals surface area contributed by atoms with Crippen LogP contribution in [0, 0.1) is 0 Å². The topological polar surface area (TPSA) is 24.5 Å². The molecule has 3 nitrogen and oxygen atoms in total. The summed E-state index contributed by atoms with van der Waals surface area (Å²) in [4.78, 5) is 2.54. The maximum atomic E-state index is 5.29. The molecule has 0 bridgehead atoms. The fraction of sp³-hybridized carbons (Fsp3) is 0.625. The molecule has 0 saturated carbocycles.